The summed E-state index contributed by atoms with van der Waals surface area (Å²) in [5.74, 6) is 1.20. The Bertz CT molecular complexity index is 359. The fraction of sp³-hybridized carbons (Fsp3) is 0.867. The van der Waals surface area contributed by atoms with E-state index in [-0.39, 0.29) is 6.03 Å². The van der Waals surface area contributed by atoms with E-state index >= 15 is 0 Å². The molecule has 0 aliphatic heterocycles. The molecule has 5 heteroatoms. The predicted molar refractivity (Wildman–Crippen MR) is 76.4 cm³/mol. The van der Waals surface area contributed by atoms with Crippen molar-refractivity contribution in [3.8, 4) is 0 Å². The number of hydrogen-bond donors (Lipinski definition) is 3. The fourth-order valence-electron chi connectivity index (χ4n) is 3.02. The maximum absolute atomic E-state index is 12.0. The average Bonchev–Trinajstić information content (AvgIpc) is 3.28. The number of carbonyl (C=O) groups excluding carboxylic acids is 1. The van der Waals surface area contributed by atoms with E-state index in [9.17, 15) is 14.7 Å². The fourth-order valence-corrected chi connectivity index (χ4v) is 3.02. The number of amides is 2. The molecule has 2 rings (SSSR count). The Morgan fingerprint density at radius 3 is 2.00 bits per heavy atom. The normalized spacial score (nSPS) is 18.9. The lowest BCUT2D eigenvalue weighted by Crippen LogP contribution is -2.57. The third-order valence-electron chi connectivity index (χ3n) is 4.92. The predicted octanol–water partition coefficient (Wildman–Crippen LogP) is 2.37. The summed E-state index contributed by atoms with van der Waals surface area (Å²) in [4.78, 5) is 23.3. The molecule has 2 amide bonds. The summed E-state index contributed by atoms with van der Waals surface area (Å²) in [5.41, 5.74) is -1.14. The largest absolute Gasteiger partial charge is 0.480 e. The molecule has 2 aliphatic carbocycles. The standard InChI is InChI=1S/C15H26N2O3/c1-3-15(4-2,13(18)19)17-14(20)16-9-12(10-5-6-10)11-7-8-11/h10-12H,3-9H2,1-2H3,(H,18,19)(H2,16,17,20). The highest BCUT2D eigenvalue weighted by atomic mass is 16.4. The second-order valence-electron chi connectivity index (χ2n) is 6.27. The Balaban J connectivity index is 1.83. The maximum Gasteiger partial charge on any atom is 0.329 e. The smallest absolute Gasteiger partial charge is 0.329 e. The van der Waals surface area contributed by atoms with Crippen LogP contribution in [-0.4, -0.2) is 29.2 Å². The Hall–Kier alpha value is -1.26. The van der Waals surface area contributed by atoms with Crippen LogP contribution < -0.4 is 10.6 Å². The number of rotatable bonds is 8. The van der Waals surface area contributed by atoms with Crippen LogP contribution in [0.3, 0.4) is 0 Å². The Morgan fingerprint density at radius 2 is 1.65 bits per heavy atom. The average molecular weight is 282 g/mol. The van der Waals surface area contributed by atoms with Gasteiger partial charge in [-0.1, -0.05) is 13.8 Å². The summed E-state index contributed by atoms with van der Waals surface area (Å²) in [6.07, 6.45) is 5.92. The van der Waals surface area contributed by atoms with Crippen molar-refractivity contribution in [3.63, 3.8) is 0 Å². The van der Waals surface area contributed by atoms with Gasteiger partial charge in [0, 0.05) is 6.54 Å². The minimum absolute atomic E-state index is 0.345. The van der Waals surface area contributed by atoms with Crippen LogP contribution >= 0.6 is 0 Å². The molecule has 2 fully saturated rings. The number of aliphatic carboxylic acids is 1. The molecule has 0 unspecified atom stereocenters. The zero-order valence-corrected chi connectivity index (χ0v) is 12.4. The van der Waals surface area contributed by atoms with Crippen molar-refractivity contribution in [2.75, 3.05) is 6.54 Å². The number of urea groups is 1. The van der Waals surface area contributed by atoms with E-state index in [0.717, 1.165) is 11.8 Å². The van der Waals surface area contributed by atoms with Crippen molar-refractivity contribution in [2.24, 2.45) is 17.8 Å². The molecule has 0 saturated heterocycles. The zero-order chi connectivity index (χ0) is 14.8. The van der Waals surface area contributed by atoms with Gasteiger partial charge in [0.15, 0.2) is 0 Å². The van der Waals surface area contributed by atoms with Crippen LogP contribution in [0.4, 0.5) is 4.79 Å². The Kier molecular flexibility index (Phi) is 4.55. The molecule has 0 atom stereocenters. The van der Waals surface area contributed by atoms with Crippen LogP contribution in [0.25, 0.3) is 0 Å². The van der Waals surface area contributed by atoms with E-state index in [1.54, 1.807) is 13.8 Å². The summed E-state index contributed by atoms with van der Waals surface area (Å²) in [6, 6.07) is -0.345. The van der Waals surface area contributed by atoms with Gasteiger partial charge in [0.05, 0.1) is 0 Å². The molecule has 5 nitrogen and oxygen atoms in total. The van der Waals surface area contributed by atoms with Crippen LogP contribution in [0.5, 0.6) is 0 Å². The van der Waals surface area contributed by atoms with Crippen molar-refractivity contribution in [1.82, 2.24) is 10.6 Å². The van der Waals surface area contributed by atoms with Crippen LogP contribution in [-0.2, 0) is 4.79 Å². The minimum Gasteiger partial charge on any atom is -0.480 e. The van der Waals surface area contributed by atoms with E-state index in [1.807, 2.05) is 0 Å². The van der Waals surface area contributed by atoms with E-state index < -0.39 is 11.5 Å². The van der Waals surface area contributed by atoms with Gasteiger partial charge in [0.1, 0.15) is 5.54 Å². The monoisotopic (exact) mass is 282 g/mol. The third kappa shape index (κ3) is 3.44. The molecular weight excluding hydrogens is 256 g/mol. The highest BCUT2D eigenvalue weighted by molar-refractivity contribution is 5.86. The first kappa shape index (κ1) is 15.1. The van der Waals surface area contributed by atoms with E-state index in [0.29, 0.717) is 25.3 Å². The molecule has 0 spiro atoms. The highest BCUT2D eigenvalue weighted by Crippen LogP contribution is 2.48. The number of carbonyl (C=O) groups is 2. The van der Waals surface area contributed by atoms with E-state index in [4.69, 9.17) is 0 Å². The Morgan fingerprint density at radius 1 is 1.15 bits per heavy atom. The van der Waals surface area contributed by atoms with E-state index in [1.165, 1.54) is 25.7 Å². The van der Waals surface area contributed by atoms with Gasteiger partial charge in [-0.05, 0) is 56.3 Å². The molecule has 20 heavy (non-hydrogen) atoms. The van der Waals surface area contributed by atoms with Gasteiger partial charge in [0.25, 0.3) is 0 Å². The van der Waals surface area contributed by atoms with Crippen molar-refractivity contribution >= 4 is 12.0 Å². The number of hydrogen-bond acceptors (Lipinski definition) is 2. The van der Waals surface area contributed by atoms with Crippen LogP contribution in [0.2, 0.25) is 0 Å². The topological polar surface area (TPSA) is 78.4 Å². The first-order chi connectivity index (χ1) is 9.52. The van der Waals surface area contributed by atoms with Gasteiger partial charge in [-0.25, -0.2) is 9.59 Å². The molecule has 0 heterocycles. The van der Waals surface area contributed by atoms with Gasteiger partial charge in [0.2, 0.25) is 0 Å². The lowest BCUT2D eigenvalue weighted by atomic mass is 9.93. The second kappa shape index (κ2) is 6.02. The summed E-state index contributed by atoms with van der Waals surface area (Å²) >= 11 is 0. The minimum atomic E-state index is -1.14. The third-order valence-corrected chi connectivity index (χ3v) is 4.92. The molecule has 3 N–H and O–H groups in total. The lowest BCUT2D eigenvalue weighted by Gasteiger charge is -2.28. The quantitative estimate of drug-likeness (QED) is 0.639. The zero-order valence-electron chi connectivity index (χ0n) is 12.4. The summed E-state index contributed by atoms with van der Waals surface area (Å²) < 4.78 is 0. The van der Waals surface area contributed by atoms with Crippen molar-refractivity contribution < 1.29 is 14.7 Å². The van der Waals surface area contributed by atoms with Crippen LogP contribution in [0.15, 0.2) is 0 Å². The van der Waals surface area contributed by atoms with E-state index in [2.05, 4.69) is 10.6 Å². The van der Waals surface area contributed by atoms with Gasteiger partial charge in [-0.3, -0.25) is 0 Å². The van der Waals surface area contributed by atoms with Crippen LogP contribution in [0.1, 0.15) is 52.4 Å². The molecule has 0 aromatic heterocycles. The SMILES string of the molecule is CCC(CC)(NC(=O)NCC(C1CC1)C1CC1)C(=O)O. The summed E-state index contributed by atoms with van der Waals surface area (Å²) in [7, 11) is 0. The first-order valence-corrected chi connectivity index (χ1v) is 7.81. The van der Waals surface area contributed by atoms with Gasteiger partial charge < -0.3 is 15.7 Å². The maximum atomic E-state index is 12.0. The highest BCUT2D eigenvalue weighted by Gasteiger charge is 2.42. The second-order valence-corrected chi connectivity index (χ2v) is 6.27. The molecule has 0 bridgehead atoms. The first-order valence-electron chi connectivity index (χ1n) is 7.81. The summed E-state index contributed by atoms with van der Waals surface area (Å²) in [6.45, 7) is 4.26. The summed E-state index contributed by atoms with van der Waals surface area (Å²) in [5, 5.41) is 14.8. The number of nitrogens with one attached hydrogen (secondary N) is 2. The number of carboxylic acid groups (broad SMARTS) is 1. The molecule has 2 aliphatic rings. The molecule has 2 saturated carbocycles. The number of carboxylic acids is 1. The van der Waals surface area contributed by atoms with Crippen molar-refractivity contribution in [3.05, 3.63) is 0 Å². The Labute approximate surface area is 120 Å². The van der Waals surface area contributed by atoms with Gasteiger partial charge in [-0.15, -0.1) is 0 Å². The molecule has 0 radical (unpaired) electrons. The van der Waals surface area contributed by atoms with Gasteiger partial charge >= 0.3 is 12.0 Å². The molecule has 0 aromatic rings. The van der Waals surface area contributed by atoms with Gasteiger partial charge in [-0.2, -0.15) is 0 Å². The molecular formula is C15H26N2O3. The lowest BCUT2D eigenvalue weighted by molar-refractivity contribution is -0.144. The van der Waals surface area contributed by atoms with Crippen molar-refractivity contribution in [2.45, 2.75) is 57.9 Å². The van der Waals surface area contributed by atoms with Crippen LogP contribution in [0, 0.1) is 17.8 Å². The van der Waals surface area contributed by atoms with Crippen molar-refractivity contribution in [1.29, 1.82) is 0 Å². The molecule has 114 valence electrons. The molecule has 0 aromatic carbocycles.